The Morgan fingerprint density at radius 1 is 0.895 bits per heavy atom. The fourth-order valence-corrected chi connectivity index (χ4v) is 2.75. The Balaban J connectivity index is 2.20. The van der Waals surface area contributed by atoms with Crippen LogP contribution in [0.25, 0.3) is 0 Å². The fourth-order valence-electron chi connectivity index (χ4n) is 2.75. The van der Waals surface area contributed by atoms with Crippen molar-refractivity contribution in [3.05, 3.63) is 96.8 Å². The molecule has 2 aromatic rings. The molecule has 0 radical (unpaired) electrons. The van der Waals surface area contributed by atoms with Gasteiger partial charge < -0.3 is 4.74 Å². The predicted octanol–water partition coefficient (Wildman–Crippen LogP) is 4.28. The quantitative estimate of drug-likeness (QED) is 0.737. The van der Waals surface area contributed by atoms with E-state index in [1.807, 2.05) is 42.5 Å². The summed E-state index contributed by atoms with van der Waals surface area (Å²) in [6.07, 6.45) is 5.79. The van der Waals surface area contributed by atoms with Crippen LogP contribution < -0.4 is 0 Å². The molecule has 94 valence electrons. The van der Waals surface area contributed by atoms with Gasteiger partial charge in [0.2, 0.25) is 0 Å². The summed E-state index contributed by atoms with van der Waals surface area (Å²) in [6, 6.07) is 20.6. The number of hydrogen-bond acceptors (Lipinski definition) is 1. The molecule has 0 saturated heterocycles. The second-order valence-corrected chi connectivity index (χ2v) is 4.68. The van der Waals surface area contributed by atoms with Crippen LogP contribution in [0.1, 0.15) is 11.1 Å². The first-order valence-electron chi connectivity index (χ1n) is 6.46. The lowest BCUT2D eigenvalue weighted by molar-refractivity contribution is 0.0594. The highest BCUT2D eigenvalue weighted by atomic mass is 16.5. The molecule has 3 rings (SSSR count). The lowest BCUT2D eigenvalue weighted by atomic mass is 9.77. The molecule has 1 unspecified atom stereocenters. The predicted molar refractivity (Wildman–Crippen MR) is 77.6 cm³/mol. The van der Waals surface area contributed by atoms with Gasteiger partial charge in [0.15, 0.2) is 5.60 Å². The van der Waals surface area contributed by atoms with Crippen molar-refractivity contribution < 1.29 is 4.74 Å². The Kier molecular flexibility index (Phi) is 2.96. The summed E-state index contributed by atoms with van der Waals surface area (Å²) in [5.74, 6) is 0.136. The smallest absolute Gasteiger partial charge is 0.168 e. The second-order valence-electron chi connectivity index (χ2n) is 4.68. The van der Waals surface area contributed by atoms with E-state index in [2.05, 4.69) is 36.9 Å². The Morgan fingerprint density at radius 2 is 1.42 bits per heavy atom. The summed E-state index contributed by atoms with van der Waals surface area (Å²) >= 11 is 0. The lowest BCUT2D eigenvalue weighted by Crippen LogP contribution is -2.33. The van der Waals surface area contributed by atoms with E-state index in [4.69, 9.17) is 4.74 Å². The highest BCUT2D eigenvalue weighted by Gasteiger charge is 2.44. The molecule has 1 aliphatic rings. The maximum atomic E-state index is 6.06. The number of hydrogen-bond donors (Lipinski definition) is 0. The molecule has 1 heteroatoms. The maximum absolute atomic E-state index is 6.06. The van der Waals surface area contributed by atoms with Crippen LogP contribution in [0.4, 0.5) is 0 Å². The van der Waals surface area contributed by atoms with Gasteiger partial charge in [0.25, 0.3) is 0 Å². The van der Waals surface area contributed by atoms with Crippen LogP contribution in [0.5, 0.6) is 0 Å². The molecule has 1 aliphatic heterocycles. The van der Waals surface area contributed by atoms with Gasteiger partial charge in [-0.25, -0.2) is 0 Å². The van der Waals surface area contributed by atoms with E-state index in [1.54, 1.807) is 6.26 Å². The van der Waals surface area contributed by atoms with Crippen LogP contribution in [0.15, 0.2) is 85.7 Å². The molecular weight excluding hydrogens is 232 g/mol. The van der Waals surface area contributed by atoms with E-state index in [9.17, 15) is 0 Å². The monoisotopic (exact) mass is 248 g/mol. The average Bonchev–Trinajstić information content (AvgIpc) is 2.94. The van der Waals surface area contributed by atoms with Gasteiger partial charge in [-0.3, -0.25) is 0 Å². The highest BCUT2D eigenvalue weighted by molar-refractivity contribution is 5.41. The van der Waals surface area contributed by atoms with Crippen molar-refractivity contribution in [2.75, 3.05) is 0 Å². The van der Waals surface area contributed by atoms with E-state index in [1.165, 1.54) is 0 Å². The third kappa shape index (κ3) is 1.78. The van der Waals surface area contributed by atoms with Gasteiger partial charge in [0.05, 0.1) is 6.26 Å². The molecule has 0 N–H and O–H groups in total. The minimum Gasteiger partial charge on any atom is -0.485 e. The molecule has 0 spiro atoms. The van der Waals surface area contributed by atoms with Crippen molar-refractivity contribution in [2.24, 2.45) is 5.92 Å². The SMILES string of the molecule is C=CC1C=COC1(c1ccccc1)c1ccccc1. The zero-order valence-corrected chi connectivity index (χ0v) is 10.7. The molecular formula is C18H16O. The second kappa shape index (κ2) is 4.77. The molecule has 0 saturated carbocycles. The van der Waals surface area contributed by atoms with E-state index >= 15 is 0 Å². The van der Waals surface area contributed by atoms with Crippen molar-refractivity contribution in [1.82, 2.24) is 0 Å². The minimum absolute atomic E-state index is 0.136. The topological polar surface area (TPSA) is 9.23 Å². The first kappa shape index (κ1) is 11.8. The molecule has 0 aromatic heterocycles. The van der Waals surface area contributed by atoms with Crippen molar-refractivity contribution in [3.8, 4) is 0 Å². The highest BCUT2D eigenvalue weighted by Crippen LogP contribution is 2.45. The van der Waals surface area contributed by atoms with Gasteiger partial charge in [-0.15, -0.1) is 6.58 Å². The summed E-state index contributed by atoms with van der Waals surface area (Å²) in [4.78, 5) is 0. The van der Waals surface area contributed by atoms with Crippen molar-refractivity contribution in [1.29, 1.82) is 0 Å². The van der Waals surface area contributed by atoms with Gasteiger partial charge in [0.1, 0.15) is 0 Å². The summed E-state index contributed by atoms with van der Waals surface area (Å²) in [7, 11) is 0. The van der Waals surface area contributed by atoms with Gasteiger partial charge in [0, 0.05) is 17.0 Å². The molecule has 1 nitrogen and oxygen atoms in total. The van der Waals surface area contributed by atoms with E-state index < -0.39 is 5.60 Å². The lowest BCUT2D eigenvalue weighted by Gasteiger charge is -2.34. The Morgan fingerprint density at radius 3 is 1.89 bits per heavy atom. The van der Waals surface area contributed by atoms with Crippen LogP contribution in [-0.2, 0) is 10.3 Å². The van der Waals surface area contributed by atoms with Crippen molar-refractivity contribution in [3.63, 3.8) is 0 Å². The molecule has 0 amide bonds. The Labute approximate surface area is 113 Å². The number of ether oxygens (including phenoxy) is 1. The third-order valence-corrected chi connectivity index (χ3v) is 3.67. The van der Waals surface area contributed by atoms with E-state index in [0.717, 1.165) is 11.1 Å². The average molecular weight is 248 g/mol. The minimum atomic E-state index is -0.482. The summed E-state index contributed by atoms with van der Waals surface area (Å²) in [5.41, 5.74) is 1.82. The molecule has 1 atom stereocenters. The number of rotatable bonds is 3. The summed E-state index contributed by atoms with van der Waals surface area (Å²) < 4.78 is 6.06. The van der Waals surface area contributed by atoms with E-state index in [0.29, 0.717) is 0 Å². The van der Waals surface area contributed by atoms with Gasteiger partial charge in [-0.2, -0.15) is 0 Å². The zero-order chi connectivity index (χ0) is 13.1. The fraction of sp³-hybridized carbons (Fsp3) is 0.111. The van der Waals surface area contributed by atoms with Gasteiger partial charge in [-0.1, -0.05) is 66.7 Å². The Hall–Kier alpha value is -2.28. The molecule has 2 aromatic carbocycles. The molecule has 0 fully saturated rings. The molecule has 0 bridgehead atoms. The van der Waals surface area contributed by atoms with Crippen LogP contribution in [0.3, 0.4) is 0 Å². The zero-order valence-electron chi connectivity index (χ0n) is 10.7. The van der Waals surface area contributed by atoms with E-state index in [-0.39, 0.29) is 5.92 Å². The largest absolute Gasteiger partial charge is 0.485 e. The first-order valence-corrected chi connectivity index (χ1v) is 6.46. The Bertz CT molecular complexity index is 544. The van der Waals surface area contributed by atoms with Crippen LogP contribution in [0.2, 0.25) is 0 Å². The first-order chi connectivity index (χ1) is 9.38. The summed E-state index contributed by atoms with van der Waals surface area (Å²) in [6.45, 7) is 3.96. The normalized spacial score (nSPS) is 19.9. The standard InChI is InChI=1S/C18H16O/c1-2-15-13-14-19-18(15,16-9-5-3-6-10-16)17-11-7-4-8-12-17/h2-15H,1H2. The van der Waals surface area contributed by atoms with Gasteiger partial charge in [-0.05, 0) is 6.08 Å². The van der Waals surface area contributed by atoms with Crippen LogP contribution in [0, 0.1) is 5.92 Å². The molecule has 0 aliphatic carbocycles. The van der Waals surface area contributed by atoms with Gasteiger partial charge >= 0.3 is 0 Å². The van der Waals surface area contributed by atoms with Crippen molar-refractivity contribution in [2.45, 2.75) is 5.60 Å². The molecule has 1 heterocycles. The third-order valence-electron chi connectivity index (χ3n) is 3.67. The number of benzene rings is 2. The molecule has 19 heavy (non-hydrogen) atoms. The summed E-state index contributed by atoms with van der Waals surface area (Å²) in [5, 5.41) is 0. The van der Waals surface area contributed by atoms with Crippen LogP contribution >= 0.6 is 0 Å². The van der Waals surface area contributed by atoms with Crippen LogP contribution in [-0.4, -0.2) is 0 Å². The van der Waals surface area contributed by atoms with Crippen molar-refractivity contribution >= 4 is 0 Å². The maximum Gasteiger partial charge on any atom is 0.168 e.